The number of piperazine rings is 1. The molecule has 0 spiro atoms. The summed E-state index contributed by atoms with van der Waals surface area (Å²) < 4.78 is 30.1. The van der Waals surface area contributed by atoms with Crippen molar-refractivity contribution >= 4 is 34.1 Å². The number of aromatic hydroxyl groups is 1. The highest BCUT2D eigenvalue weighted by Crippen LogP contribution is 2.44. The summed E-state index contributed by atoms with van der Waals surface area (Å²) in [5.41, 5.74) is -0.0234. The smallest absolute Gasteiger partial charge is 0.251 e. The van der Waals surface area contributed by atoms with Crippen LogP contribution in [-0.4, -0.2) is 64.0 Å². The van der Waals surface area contributed by atoms with Gasteiger partial charge >= 0.3 is 0 Å². The van der Waals surface area contributed by atoms with Gasteiger partial charge in [0.15, 0.2) is 5.82 Å². The number of halogens is 2. The maximum atomic E-state index is 15.7. The number of hydrogen-bond acceptors (Lipinski definition) is 7. The minimum absolute atomic E-state index is 0.0146. The molecular formula is C25H20F2N6O3. The van der Waals surface area contributed by atoms with E-state index in [0.717, 1.165) is 12.1 Å². The van der Waals surface area contributed by atoms with E-state index < -0.39 is 41.1 Å². The Morgan fingerprint density at radius 2 is 2.08 bits per heavy atom. The van der Waals surface area contributed by atoms with Crippen molar-refractivity contribution < 1.29 is 23.5 Å². The number of phenols is 1. The topological polar surface area (TPSA) is 114 Å². The number of carbonyl (C=O) groups excluding carboxylic acids is 2. The van der Waals surface area contributed by atoms with Crippen LogP contribution < -0.4 is 9.80 Å². The van der Waals surface area contributed by atoms with Crippen LogP contribution in [0.25, 0.3) is 22.2 Å². The largest absolute Gasteiger partial charge is 0.507 e. The Morgan fingerprint density at radius 3 is 2.78 bits per heavy atom. The molecular weight excluding hydrogens is 470 g/mol. The van der Waals surface area contributed by atoms with Gasteiger partial charge in [-0.05, 0) is 18.2 Å². The number of rotatable bonds is 3. The summed E-state index contributed by atoms with van der Waals surface area (Å²) in [6.07, 6.45) is 3.84. The molecule has 2 atom stereocenters. The second-order valence-corrected chi connectivity index (χ2v) is 8.59. The average molecular weight is 490 g/mol. The van der Waals surface area contributed by atoms with Crippen molar-refractivity contribution in [2.45, 2.75) is 18.5 Å². The SMILES string of the molecule is C=CC(=O)N1CC2C(=O)N(C)c3cnc4c(F)c(-c5c(O)cccc5F)ncc4c3N2CC1CC#N. The van der Waals surface area contributed by atoms with E-state index in [-0.39, 0.29) is 41.9 Å². The number of carbonyl (C=O) groups is 2. The van der Waals surface area contributed by atoms with Crippen LogP contribution in [0.2, 0.25) is 0 Å². The van der Waals surface area contributed by atoms with Gasteiger partial charge in [0.2, 0.25) is 5.91 Å². The van der Waals surface area contributed by atoms with Crippen LogP contribution in [0, 0.1) is 23.0 Å². The van der Waals surface area contributed by atoms with Crippen molar-refractivity contribution in [1.29, 1.82) is 5.26 Å². The summed E-state index contributed by atoms with van der Waals surface area (Å²) in [5.74, 6) is -2.92. The lowest BCUT2D eigenvalue weighted by molar-refractivity contribution is -0.131. The van der Waals surface area contributed by atoms with Crippen LogP contribution in [0.15, 0.2) is 43.2 Å². The number of phenolic OH excluding ortho intramolecular Hbond substituents is 1. The van der Waals surface area contributed by atoms with E-state index in [1.165, 1.54) is 34.3 Å². The van der Waals surface area contributed by atoms with Crippen LogP contribution in [-0.2, 0) is 9.59 Å². The molecule has 1 saturated heterocycles. The Labute approximate surface area is 204 Å². The van der Waals surface area contributed by atoms with E-state index in [1.54, 1.807) is 11.9 Å². The minimum atomic E-state index is -0.930. The molecule has 182 valence electrons. The molecule has 1 fully saturated rings. The van der Waals surface area contributed by atoms with Gasteiger partial charge in [-0.25, -0.2) is 8.78 Å². The first-order valence-corrected chi connectivity index (χ1v) is 11.1. The molecule has 1 aromatic carbocycles. The summed E-state index contributed by atoms with van der Waals surface area (Å²) >= 11 is 0. The highest BCUT2D eigenvalue weighted by atomic mass is 19.1. The van der Waals surface area contributed by atoms with Crippen LogP contribution in [0.5, 0.6) is 5.75 Å². The van der Waals surface area contributed by atoms with Gasteiger partial charge in [-0.2, -0.15) is 5.26 Å². The molecule has 2 amide bonds. The number of amides is 2. The fourth-order valence-electron chi connectivity index (χ4n) is 4.93. The van der Waals surface area contributed by atoms with Crippen LogP contribution in [0.4, 0.5) is 20.2 Å². The maximum Gasteiger partial charge on any atom is 0.251 e. The Morgan fingerprint density at radius 1 is 1.31 bits per heavy atom. The van der Waals surface area contributed by atoms with Crippen molar-refractivity contribution in [3.8, 4) is 23.1 Å². The quantitative estimate of drug-likeness (QED) is 0.562. The molecule has 4 heterocycles. The first-order chi connectivity index (χ1) is 17.3. The Bertz CT molecular complexity index is 1470. The number of benzene rings is 1. The molecule has 2 aromatic heterocycles. The fraction of sp³-hybridized carbons (Fsp3) is 0.240. The van der Waals surface area contributed by atoms with Crippen molar-refractivity contribution in [2.75, 3.05) is 29.9 Å². The lowest BCUT2D eigenvalue weighted by Gasteiger charge is -2.50. The van der Waals surface area contributed by atoms with Gasteiger partial charge in [0.1, 0.15) is 28.8 Å². The maximum absolute atomic E-state index is 15.7. The zero-order valence-electron chi connectivity index (χ0n) is 19.2. The van der Waals surface area contributed by atoms with Gasteiger partial charge in [-0.1, -0.05) is 12.6 Å². The first-order valence-electron chi connectivity index (χ1n) is 11.1. The molecule has 1 N–H and O–H groups in total. The van der Waals surface area contributed by atoms with Crippen molar-refractivity contribution in [1.82, 2.24) is 14.9 Å². The van der Waals surface area contributed by atoms with E-state index in [0.29, 0.717) is 11.4 Å². The molecule has 9 nitrogen and oxygen atoms in total. The number of pyridine rings is 2. The predicted molar refractivity (Wildman–Crippen MR) is 127 cm³/mol. The van der Waals surface area contributed by atoms with Crippen LogP contribution in [0.1, 0.15) is 6.42 Å². The second kappa shape index (κ2) is 8.57. The Balaban J connectivity index is 1.70. The number of fused-ring (bicyclic) bond motifs is 5. The molecule has 0 aliphatic carbocycles. The van der Waals surface area contributed by atoms with E-state index in [2.05, 4.69) is 22.6 Å². The summed E-state index contributed by atoms with van der Waals surface area (Å²) in [7, 11) is 1.56. The minimum Gasteiger partial charge on any atom is -0.507 e. The lowest BCUT2D eigenvalue weighted by Crippen LogP contribution is -2.66. The molecule has 3 aromatic rings. The molecule has 2 unspecified atom stereocenters. The standard InChI is InChI=1S/C25H20F2N6O3/c1-3-19(35)32-12-17-25(36)31(2)16-10-30-22-14(24(16)33(17)11-13(32)7-8-28)9-29-23(21(22)27)20-15(26)5-4-6-18(20)34/h3-6,9-10,13,17,34H,1,7,11-12H2,2H3. The number of hydrogen-bond donors (Lipinski definition) is 1. The van der Waals surface area contributed by atoms with Gasteiger partial charge in [-0.15, -0.1) is 0 Å². The van der Waals surface area contributed by atoms with Gasteiger partial charge in [0.05, 0.1) is 48.2 Å². The third-order valence-corrected chi connectivity index (χ3v) is 6.68. The third-order valence-electron chi connectivity index (χ3n) is 6.68. The number of anilines is 2. The fourth-order valence-corrected chi connectivity index (χ4v) is 4.93. The van der Waals surface area contributed by atoms with Crippen LogP contribution >= 0.6 is 0 Å². The molecule has 0 bridgehead atoms. The molecule has 2 aliphatic heterocycles. The third kappa shape index (κ3) is 3.33. The van der Waals surface area contributed by atoms with Gasteiger partial charge in [0.25, 0.3) is 5.91 Å². The molecule has 0 saturated carbocycles. The molecule has 2 aliphatic rings. The second-order valence-electron chi connectivity index (χ2n) is 8.59. The summed E-state index contributed by atoms with van der Waals surface area (Å²) in [4.78, 5) is 38.6. The normalized spacial score (nSPS) is 19.1. The van der Waals surface area contributed by atoms with Gasteiger partial charge in [0, 0.05) is 25.2 Å². The van der Waals surface area contributed by atoms with Crippen molar-refractivity contribution in [2.24, 2.45) is 0 Å². The van der Waals surface area contributed by atoms with E-state index >= 15 is 4.39 Å². The summed E-state index contributed by atoms with van der Waals surface area (Å²) in [5, 5.41) is 19.7. The van der Waals surface area contributed by atoms with Crippen molar-refractivity contribution in [3.05, 3.63) is 54.9 Å². The van der Waals surface area contributed by atoms with E-state index in [4.69, 9.17) is 0 Å². The Hall–Kier alpha value is -4.59. The van der Waals surface area contributed by atoms with E-state index in [9.17, 15) is 24.3 Å². The zero-order valence-corrected chi connectivity index (χ0v) is 19.2. The number of nitriles is 1. The molecule has 0 radical (unpaired) electrons. The number of nitrogens with zero attached hydrogens (tertiary/aromatic N) is 6. The molecule has 11 heteroatoms. The number of aromatic nitrogens is 2. The first kappa shape index (κ1) is 23.2. The van der Waals surface area contributed by atoms with Crippen LogP contribution in [0.3, 0.4) is 0 Å². The highest BCUT2D eigenvalue weighted by molar-refractivity contribution is 6.12. The predicted octanol–water partition coefficient (Wildman–Crippen LogP) is 2.74. The van der Waals surface area contributed by atoms with Crippen molar-refractivity contribution in [3.63, 3.8) is 0 Å². The Kier molecular flexibility index (Phi) is 5.51. The van der Waals surface area contributed by atoms with E-state index in [1.807, 2.05) is 0 Å². The molecule has 5 rings (SSSR count). The summed E-state index contributed by atoms with van der Waals surface area (Å²) in [6, 6.07) is 4.37. The van der Waals surface area contributed by atoms with Gasteiger partial charge in [-0.3, -0.25) is 19.6 Å². The molecule has 36 heavy (non-hydrogen) atoms. The highest BCUT2D eigenvalue weighted by Gasteiger charge is 2.45. The zero-order chi connectivity index (χ0) is 25.7. The lowest BCUT2D eigenvalue weighted by atomic mass is 9.97. The van der Waals surface area contributed by atoms with Gasteiger partial charge < -0.3 is 19.8 Å². The monoisotopic (exact) mass is 490 g/mol. The summed E-state index contributed by atoms with van der Waals surface area (Å²) in [6.45, 7) is 3.67. The average Bonchev–Trinajstić information content (AvgIpc) is 2.87. The number of likely N-dealkylation sites (N-methyl/N-ethyl adjacent to an activating group) is 1.